The maximum Gasteiger partial charge on any atom is 0.230 e. The van der Waals surface area contributed by atoms with Crippen molar-refractivity contribution in [1.29, 1.82) is 5.26 Å². The molecule has 0 heterocycles. The number of carbonyl (C=O) groups excluding carboxylic acids is 1. The Bertz CT molecular complexity index is 823. The smallest absolute Gasteiger partial charge is 0.230 e. The minimum absolute atomic E-state index is 0.0157. The number of halogens is 1. The van der Waals surface area contributed by atoms with E-state index in [1.54, 1.807) is 0 Å². The number of hydrogen-bond donors (Lipinski definition) is 1. The fourth-order valence-electron chi connectivity index (χ4n) is 3.62. The van der Waals surface area contributed by atoms with Gasteiger partial charge in [0.25, 0.3) is 0 Å². The second-order valence-corrected chi connectivity index (χ2v) is 7.49. The lowest BCUT2D eigenvalue weighted by atomic mass is 9.78. The van der Waals surface area contributed by atoms with Crippen LogP contribution in [-0.4, -0.2) is 12.5 Å². The number of hydrogen-bond acceptors (Lipinski definition) is 3. The Morgan fingerprint density at radius 3 is 2.69 bits per heavy atom. The molecule has 1 fully saturated rings. The van der Waals surface area contributed by atoms with E-state index >= 15 is 0 Å². The van der Waals surface area contributed by atoms with E-state index in [0.717, 1.165) is 41.3 Å². The number of nitriles is 1. The van der Waals surface area contributed by atoms with Crippen LogP contribution in [0.15, 0.2) is 53.0 Å². The molecule has 1 saturated carbocycles. The Kier molecular flexibility index (Phi) is 5.95. The number of rotatable bonds is 6. The molecule has 0 atom stereocenters. The van der Waals surface area contributed by atoms with Crippen molar-refractivity contribution >= 4 is 21.8 Å². The zero-order valence-electron chi connectivity index (χ0n) is 14.5. The van der Waals surface area contributed by atoms with Gasteiger partial charge in [-0.2, -0.15) is 5.26 Å². The van der Waals surface area contributed by atoms with E-state index in [1.807, 2.05) is 48.5 Å². The molecular weight excluding hydrogens is 392 g/mol. The highest BCUT2D eigenvalue weighted by atomic mass is 79.9. The molecule has 0 aliphatic heterocycles. The summed E-state index contributed by atoms with van der Waals surface area (Å²) in [6.07, 6.45) is 3.88. The zero-order valence-corrected chi connectivity index (χ0v) is 16.1. The van der Waals surface area contributed by atoms with Crippen LogP contribution in [0.1, 0.15) is 36.8 Å². The predicted molar refractivity (Wildman–Crippen MR) is 104 cm³/mol. The molecule has 0 unspecified atom stereocenters. The Balaban J connectivity index is 1.73. The highest BCUT2D eigenvalue weighted by molar-refractivity contribution is 9.10. The first-order valence-electron chi connectivity index (χ1n) is 8.77. The number of benzene rings is 2. The molecule has 1 N–H and O–H groups in total. The Labute approximate surface area is 162 Å². The van der Waals surface area contributed by atoms with Crippen molar-refractivity contribution in [1.82, 2.24) is 5.32 Å². The van der Waals surface area contributed by atoms with Gasteiger partial charge in [-0.05, 0) is 48.2 Å². The highest BCUT2D eigenvalue weighted by Gasteiger charge is 2.42. The second-order valence-electron chi connectivity index (χ2n) is 6.58. The van der Waals surface area contributed by atoms with Crippen LogP contribution in [0.3, 0.4) is 0 Å². The molecule has 1 amide bonds. The molecular formula is C21H21BrN2O2. The van der Waals surface area contributed by atoms with E-state index in [0.29, 0.717) is 12.3 Å². The SMILES string of the molecule is N#CCOc1cccc(CNC(=O)C2(c3cccc(Br)c3)CCCC2)c1. The quantitative estimate of drug-likeness (QED) is 0.760. The van der Waals surface area contributed by atoms with Crippen LogP contribution in [-0.2, 0) is 16.8 Å². The van der Waals surface area contributed by atoms with Crippen LogP contribution in [0.25, 0.3) is 0 Å². The van der Waals surface area contributed by atoms with Gasteiger partial charge >= 0.3 is 0 Å². The molecule has 0 aromatic heterocycles. The molecule has 1 aliphatic rings. The molecule has 2 aromatic rings. The summed E-state index contributed by atoms with van der Waals surface area (Å²) in [5.41, 5.74) is 1.59. The van der Waals surface area contributed by atoms with Crippen molar-refractivity contribution in [3.8, 4) is 11.8 Å². The third-order valence-corrected chi connectivity index (χ3v) is 5.42. The minimum atomic E-state index is -0.446. The van der Waals surface area contributed by atoms with Gasteiger partial charge in [-0.1, -0.05) is 53.0 Å². The van der Waals surface area contributed by atoms with Crippen LogP contribution in [0.4, 0.5) is 0 Å². The van der Waals surface area contributed by atoms with Gasteiger partial charge in [-0.3, -0.25) is 4.79 Å². The van der Waals surface area contributed by atoms with Crippen LogP contribution >= 0.6 is 15.9 Å². The monoisotopic (exact) mass is 412 g/mol. The second kappa shape index (κ2) is 8.37. The zero-order chi connectivity index (χ0) is 18.4. The fraction of sp³-hybridized carbons (Fsp3) is 0.333. The van der Waals surface area contributed by atoms with Crippen LogP contribution in [0.2, 0.25) is 0 Å². The van der Waals surface area contributed by atoms with Crippen molar-refractivity contribution in [2.45, 2.75) is 37.6 Å². The van der Waals surface area contributed by atoms with Gasteiger partial charge in [0.1, 0.15) is 11.8 Å². The van der Waals surface area contributed by atoms with Crippen molar-refractivity contribution in [2.75, 3.05) is 6.61 Å². The first-order chi connectivity index (χ1) is 12.6. The summed E-state index contributed by atoms with van der Waals surface area (Å²) in [6, 6.07) is 17.5. The maximum atomic E-state index is 13.1. The summed E-state index contributed by atoms with van der Waals surface area (Å²) < 4.78 is 6.32. The molecule has 5 heteroatoms. The summed E-state index contributed by atoms with van der Waals surface area (Å²) in [5.74, 6) is 0.720. The molecule has 0 radical (unpaired) electrons. The van der Waals surface area contributed by atoms with Gasteiger partial charge in [-0.25, -0.2) is 0 Å². The maximum absolute atomic E-state index is 13.1. The third kappa shape index (κ3) is 4.08. The van der Waals surface area contributed by atoms with Gasteiger partial charge in [0.15, 0.2) is 6.61 Å². The molecule has 1 aliphatic carbocycles. The minimum Gasteiger partial charge on any atom is -0.479 e. The summed E-state index contributed by atoms with van der Waals surface area (Å²) in [4.78, 5) is 13.1. The topological polar surface area (TPSA) is 62.1 Å². The summed E-state index contributed by atoms with van der Waals surface area (Å²) in [5, 5.41) is 11.7. The standard InChI is InChI=1S/C21H21BrN2O2/c22-18-7-4-6-17(14-18)21(9-1-2-10-21)20(25)24-15-16-5-3-8-19(13-16)26-12-11-23/h3-8,13-14H,1-2,9-10,12,15H2,(H,24,25). The van der Waals surface area contributed by atoms with Crippen LogP contribution in [0, 0.1) is 11.3 Å². The normalized spacial score (nSPS) is 15.2. The van der Waals surface area contributed by atoms with Gasteiger partial charge < -0.3 is 10.1 Å². The van der Waals surface area contributed by atoms with E-state index in [2.05, 4.69) is 27.3 Å². The van der Waals surface area contributed by atoms with Crippen molar-refractivity contribution in [3.05, 3.63) is 64.1 Å². The van der Waals surface area contributed by atoms with E-state index < -0.39 is 5.41 Å². The van der Waals surface area contributed by atoms with Gasteiger partial charge in [0.05, 0.1) is 5.41 Å². The number of carbonyl (C=O) groups is 1. The lowest BCUT2D eigenvalue weighted by Gasteiger charge is -2.28. The van der Waals surface area contributed by atoms with Crippen molar-refractivity contribution in [3.63, 3.8) is 0 Å². The molecule has 3 rings (SSSR count). The average molecular weight is 413 g/mol. The van der Waals surface area contributed by atoms with E-state index in [1.165, 1.54) is 0 Å². The molecule has 2 aromatic carbocycles. The lowest BCUT2D eigenvalue weighted by Crippen LogP contribution is -2.42. The molecule has 134 valence electrons. The summed E-state index contributed by atoms with van der Waals surface area (Å²) in [7, 11) is 0. The summed E-state index contributed by atoms with van der Waals surface area (Å²) >= 11 is 3.52. The molecule has 4 nitrogen and oxygen atoms in total. The first kappa shape index (κ1) is 18.5. The van der Waals surface area contributed by atoms with E-state index in [9.17, 15) is 4.79 Å². The fourth-order valence-corrected chi connectivity index (χ4v) is 4.02. The Morgan fingerprint density at radius 1 is 1.19 bits per heavy atom. The third-order valence-electron chi connectivity index (χ3n) is 4.92. The molecule has 0 saturated heterocycles. The molecule has 0 bridgehead atoms. The molecule has 26 heavy (non-hydrogen) atoms. The van der Waals surface area contributed by atoms with E-state index in [4.69, 9.17) is 10.00 Å². The van der Waals surface area contributed by atoms with Gasteiger partial charge in [0, 0.05) is 11.0 Å². The van der Waals surface area contributed by atoms with Crippen molar-refractivity contribution in [2.24, 2.45) is 0 Å². The van der Waals surface area contributed by atoms with E-state index in [-0.39, 0.29) is 12.5 Å². The number of ether oxygens (including phenoxy) is 1. The van der Waals surface area contributed by atoms with Crippen LogP contribution in [0.5, 0.6) is 5.75 Å². The Hall–Kier alpha value is -2.32. The Morgan fingerprint density at radius 2 is 1.96 bits per heavy atom. The van der Waals surface area contributed by atoms with Crippen LogP contribution < -0.4 is 10.1 Å². The average Bonchev–Trinajstić information content (AvgIpc) is 3.16. The number of amides is 1. The summed E-state index contributed by atoms with van der Waals surface area (Å²) in [6.45, 7) is 0.458. The largest absolute Gasteiger partial charge is 0.479 e. The predicted octanol–water partition coefficient (Wildman–Crippen LogP) is 4.48. The number of nitrogens with zero attached hydrogens (tertiary/aromatic N) is 1. The number of nitrogens with one attached hydrogen (secondary N) is 1. The molecule has 0 spiro atoms. The highest BCUT2D eigenvalue weighted by Crippen LogP contribution is 2.42. The lowest BCUT2D eigenvalue weighted by molar-refractivity contribution is -0.126. The van der Waals surface area contributed by atoms with Gasteiger partial charge in [0.2, 0.25) is 5.91 Å². The first-order valence-corrected chi connectivity index (χ1v) is 9.56. The van der Waals surface area contributed by atoms with Crippen molar-refractivity contribution < 1.29 is 9.53 Å². The van der Waals surface area contributed by atoms with Gasteiger partial charge in [-0.15, -0.1) is 0 Å².